The minimum Gasteiger partial charge on any atom is -0.477 e. The van der Waals surface area contributed by atoms with E-state index < -0.39 is 29.2 Å². The molecule has 1 fully saturated rings. The highest BCUT2D eigenvalue weighted by molar-refractivity contribution is 8.00. The number of carbonyl (C=O) groups is 3. The molecule has 0 aliphatic carbocycles. The third-order valence-corrected chi connectivity index (χ3v) is 5.74. The SMILES string of the molecule is CSN=C(C(=O)NC1C(=O)N2C(C(=O)O)=CCS[C@@H]12)c1csc(N)n1. The van der Waals surface area contributed by atoms with Crippen molar-refractivity contribution >= 4 is 63.7 Å². The van der Waals surface area contributed by atoms with Crippen LogP contribution in [-0.4, -0.2) is 61.9 Å². The number of carboxylic acids is 1. The number of nitrogens with one attached hydrogen (secondary N) is 1. The van der Waals surface area contributed by atoms with E-state index in [9.17, 15) is 14.4 Å². The maximum Gasteiger partial charge on any atom is 0.352 e. The van der Waals surface area contributed by atoms with Crippen molar-refractivity contribution in [3.05, 3.63) is 22.8 Å². The van der Waals surface area contributed by atoms with Crippen molar-refractivity contribution in [1.82, 2.24) is 15.2 Å². The average molecular weight is 399 g/mol. The number of amides is 2. The zero-order valence-corrected chi connectivity index (χ0v) is 15.3. The van der Waals surface area contributed by atoms with Crippen LogP contribution >= 0.6 is 35.0 Å². The smallest absolute Gasteiger partial charge is 0.352 e. The molecular formula is C13H13N5O4S3. The Morgan fingerprint density at radius 2 is 2.32 bits per heavy atom. The van der Waals surface area contributed by atoms with Crippen LogP contribution in [0.25, 0.3) is 0 Å². The van der Waals surface area contributed by atoms with Gasteiger partial charge in [-0.25, -0.2) is 14.2 Å². The van der Waals surface area contributed by atoms with Crippen molar-refractivity contribution in [3.63, 3.8) is 0 Å². The molecule has 2 atom stereocenters. The lowest BCUT2D eigenvalue weighted by atomic mass is 10.0. The molecule has 0 aromatic carbocycles. The molecule has 1 aromatic heterocycles. The van der Waals surface area contributed by atoms with E-state index in [1.165, 1.54) is 34.1 Å². The molecule has 1 aromatic rings. The van der Waals surface area contributed by atoms with E-state index in [-0.39, 0.29) is 11.4 Å². The Kier molecular flexibility index (Phi) is 5.01. The fourth-order valence-corrected chi connectivity index (χ4v) is 4.54. The summed E-state index contributed by atoms with van der Waals surface area (Å²) in [5, 5.41) is 13.3. The first-order chi connectivity index (χ1) is 11.9. The minimum atomic E-state index is -1.16. The van der Waals surface area contributed by atoms with Gasteiger partial charge in [-0.05, 0) is 18.0 Å². The summed E-state index contributed by atoms with van der Waals surface area (Å²) in [7, 11) is 0. The van der Waals surface area contributed by atoms with Gasteiger partial charge in [0, 0.05) is 17.4 Å². The highest BCUT2D eigenvalue weighted by atomic mass is 32.2. The molecule has 1 saturated heterocycles. The molecule has 4 N–H and O–H groups in total. The Morgan fingerprint density at radius 3 is 2.92 bits per heavy atom. The fourth-order valence-electron chi connectivity index (χ4n) is 2.44. The number of rotatable bonds is 5. The van der Waals surface area contributed by atoms with Crippen LogP contribution in [0.2, 0.25) is 0 Å². The number of nitrogens with two attached hydrogens (primary N) is 1. The molecule has 9 nitrogen and oxygen atoms in total. The van der Waals surface area contributed by atoms with Crippen molar-refractivity contribution in [2.75, 3.05) is 17.7 Å². The van der Waals surface area contributed by atoms with Gasteiger partial charge >= 0.3 is 5.97 Å². The summed E-state index contributed by atoms with van der Waals surface area (Å²) in [4.78, 5) is 41.3. The number of hydrogen-bond donors (Lipinski definition) is 3. The van der Waals surface area contributed by atoms with Crippen LogP contribution in [0.3, 0.4) is 0 Å². The van der Waals surface area contributed by atoms with Gasteiger partial charge in [-0.2, -0.15) is 0 Å². The first-order valence-corrected chi connectivity index (χ1v) is 10.1. The molecule has 1 unspecified atom stereocenters. The average Bonchev–Trinajstić information content (AvgIpc) is 3.02. The fraction of sp³-hybridized carbons (Fsp3) is 0.308. The van der Waals surface area contributed by atoms with Gasteiger partial charge in [0.15, 0.2) is 10.8 Å². The number of carbonyl (C=O) groups excluding carboxylic acids is 2. The van der Waals surface area contributed by atoms with Gasteiger partial charge in [0.2, 0.25) is 0 Å². The number of carboxylic acid groups (broad SMARTS) is 1. The van der Waals surface area contributed by atoms with Gasteiger partial charge in [0.1, 0.15) is 22.8 Å². The number of nitrogens with zero attached hydrogens (tertiary/aromatic N) is 3. The Hall–Kier alpha value is -2.05. The molecule has 132 valence electrons. The Morgan fingerprint density at radius 1 is 1.56 bits per heavy atom. The number of thiazole rings is 1. The van der Waals surface area contributed by atoms with Crippen LogP contribution in [0.5, 0.6) is 0 Å². The number of aliphatic carboxylic acids is 1. The summed E-state index contributed by atoms with van der Waals surface area (Å²) in [6.45, 7) is 0. The molecule has 3 heterocycles. The standard InChI is InChI=1S/C13H13N5O4S3/c1-23-17-7(5-4-25-13(14)15-5)9(19)16-8-10(20)18-6(12(21)22)2-3-24-11(8)18/h2,4,8,11H,3H2,1H3,(H2,14,15)(H,16,19)(H,21,22)/t8?,11-/m0/s1. The van der Waals surface area contributed by atoms with E-state index in [4.69, 9.17) is 10.8 Å². The molecule has 2 aliphatic rings. The summed E-state index contributed by atoms with van der Waals surface area (Å²) in [5.74, 6) is -1.72. The first kappa shape index (κ1) is 17.8. The number of fused-ring (bicyclic) bond motifs is 1. The van der Waals surface area contributed by atoms with Crippen molar-refractivity contribution < 1.29 is 19.5 Å². The van der Waals surface area contributed by atoms with Crippen LogP contribution in [0.4, 0.5) is 5.13 Å². The predicted molar refractivity (Wildman–Crippen MR) is 97.3 cm³/mol. The zero-order valence-electron chi connectivity index (χ0n) is 12.8. The second-order valence-corrected chi connectivity index (χ2v) is 7.56. The van der Waals surface area contributed by atoms with Crippen molar-refractivity contribution in [3.8, 4) is 0 Å². The van der Waals surface area contributed by atoms with Crippen LogP contribution in [0.1, 0.15) is 5.69 Å². The first-order valence-electron chi connectivity index (χ1n) is 6.95. The summed E-state index contributed by atoms with van der Waals surface area (Å²) in [5.41, 5.74) is 5.95. The molecule has 2 aliphatic heterocycles. The van der Waals surface area contributed by atoms with Gasteiger partial charge in [-0.3, -0.25) is 14.5 Å². The number of thioether (sulfide) groups is 1. The van der Waals surface area contributed by atoms with Crippen molar-refractivity contribution in [1.29, 1.82) is 0 Å². The third kappa shape index (κ3) is 3.24. The van der Waals surface area contributed by atoms with Crippen LogP contribution < -0.4 is 11.1 Å². The Balaban J connectivity index is 1.75. The second kappa shape index (κ2) is 7.06. The number of β-lactam (4-membered cyclic amide) rings is 1. The molecule has 0 spiro atoms. The molecule has 0 radical (unpaired) electrons. The highest BCUT2D eigenvalue weighted by Gasteiger charge is 2.53. The monoisotopic (exact) mass is 399 g/mol. The lowest BCUT2D eigenvalue weighted by molar-refractivity contribution is -0.150. The highest BCUT2D eigenvalue weighted by Crippen LogP contribution is 2.37. The molecule has 0 saturated carbocycles. The van der Waals surface area contributed by atoms with E-state index in [0.29, 0.717) is 16.6 Å². The lowest BCUT2D eigenvalue weighted by Gasteiger charge is -2.48. The number of hydrogen-bond acceptors (Lipinski definition) is 9. The maximum absolute atomic E-state index is 12.5. The third-order valence-electron chi connectivity index (χ3n) is 3.51. The van der Waals surface area contributed by atoms with Crippen molar-refractivity contribution in [2.24, 2.45) is 4.40 Å². The van der Waals surface area contributed by atoms with E-state index in [1.54, 1.807) is 11.6 Å². The van der Waals surface area contributed by atoms with Gasteiger partial charge in [0.05, 0.1) is 0 Å². The topological polar surface area (TPSA) is 138 Å². The predicted octanol–water partition coefficient (Wildman–Crippen LogP) is 0.161. The summed E-state index contributed by atoms with van der Waals surface area (Å²) >= 11 is 3.65. The molecule has 25 heavy (non-hydrogen) atoms. The summed E-state index contributed by atoms with van der Waals surface area (Å²) in [6.07, 6.45) is 3.18. The molecule has 0 bridgehead atoms. The Bertz CT molecular complexity index is 805. The molecule has 12 heteroatoms. The van der Waals surface area contributed by atoms with Crippen LogP contribution in [0.15, 0.2) is 21.6 Å². The van der Waals surface area contributed by atoms with E-state index >= 15 is 0 Å². The minimum absolute atomic E-state index is 0.0514. The number of nitrogen functional groups attached to an aromatic ring is 1. The summed E-state index contributed by atoms with van der Waals surface area (Å²) < 4.78 is 4.06. The van der Waals surface area contributed by atoms with E-state index in [1.807, 2.05) is 0 Å². The number of anilines is 1. The van der Waals surface area contributed by atoms with Gasteiger partial charge < -0.3 is 16.2 Å². The van der Waals surface area contributed by atoms with Gasteiger partial charge in [-0.1, -0.05) is 0 Å². The van der Waals surface area contributed by atoms with E-state index in [0.717, 1.165) is 11.9 Å². The normalized spacial score (nSPS) is 22.8. The Labute approximate surface area is 154 Å². The van der Waals surface area contributed by atoms with Gasteiger partial charge in [0.25, 0.3) is 11.8 Å². The van der Waals surface area contributed by atoms with E-state index in [2.05, 4.69) is 14.7 Å². The van der Waals surface area contributed by atoms with Gasteiger partial charge in [-0.15, -0.1) is 23.1 Å². The van der Waals surface area contributed by atoms with Crippen LogP contribution in [-0.2, 0) is 14.4 Å². The summed E-state index contributed by atoms with van der Waals surface area (Å²) in [6, 6.07) is -0.802. The lowest BCUT2D eigenvalue weighted by Crippen LogP contribution is -2.70. The quantitative estimate of drug-likeness (QED) is 0.362. The molecule has 3 rings (SSSR count). The molecular weight excluding hydrogens is 386 g/mol. The van der Waals surface area contributed by atoms with Crippen molar-refractivity contribution in [2.45, 2.75) is 11.4 Å². The second-order valence-electron chi connectivity index (χ2n) is 4.97. The number of aromatic nitrogens is 1. The van der Waals surface area contributed by atoms with Crippen LogP contribution in [0, 0.1) is 0 Å². The zero-order chi connectivity index (χ0) is 18.1. The largest absolute Gasteiger partial charge is 0.477 e. The maximum atomic E-state index is 12.5. The molecule has 2 amide bonds.